The van der Waals surface area contributed by atoms with Crippen LogP contribution in [0.15, 0.2) is 12.1 Å². The van der Waals surface area contributed by atoms with Gasteiger partial charge in [0, 0.05) is 18.3 Å². The number of nitrogen functional groups attached to an aromatic ring is 1. The van der Waals surface area contributed by atoms with E-state index in [4.69, 9.17) is 34.0 Å². The number of nitrogens with one attached hydrogen (secondary N) is 1. The van der Waals surface area contributed by atoms with Gasteiger partial charge in [0.05, 0.1) is 15.7 Å². The molecule has 0 fully saturated rings. The molecule has 0 heterocycles. The van der Waals surface area contributed by atoms with Gasteiger partial charge in [0.2, 0.25) is 0 Å². The van der Waals surface area contributed by atoms with E-state index in [1.54, 1.807) is 12.1 Å². The van der Waals surface area contributed by atoms with Crippen LogP contribution in [0.2, 0.25) is 10.0 Å². The van der Waals surface area contributed by atoms with Crippen molar-refractivity contribution in [2.75, 3.05) is 17.7 Å². The summed E-state index contributed by atoms with van der Waals surface area (Å²) in [4.78, 5) is 0. The Morgan fingerprint density at radius 2 is 1.93 bits per heavy atom. The molecule has 0 saturated carbocycles. The molecule has 1 rings (SSSR count). The van der Waals surface area contributed by atoms with Crippen LogP contribution in [-0.2, 0) is 0 Å². The summed E-state index contributed by atoms with van der Waals surface area (Å²) in [6.07, 6.45) is 0.636. The van der Waals surface area contributed by atoms with Gasteiger partial charge < -0.3 is 16.2 Å². The lowest BCUT2D eigenvalue weighted by molar-refractivity contribution is 0.282. The Labute approximate surface area is 99.2 Å². The van der Waals surface area contributed by atoms with Gasteiger partial charge in [0.1, 0.15) is 0 Å². The molecule has 0 aromatic heterocycles. The van der Waals surface area contributed by atoms with Crippen molar-refractivity contribution in [1.29, 1.82) is 0 Å². The zero-order valence-corrected chi connectivity index (χ0v) is 9.94. The maximum Gasteiger partial charge on any atom is 0.0722 e. The van der Waals surface area contributed by atoms with Gasteiger partial charge in [-0.2, -0.15) is 0 Å². The molecule has 15 heavy (non-hydrogen) atoms. The number of halogens is 2. The highest BCUT2D eigenvalue weighted by atomic mass is 35.5. The fourth-order valence-electron chi connectivity index (χ4n) is 1.24. The van der Waals surface area contributed by atoms with Gasteiger partial charge in [-0.1, -0.05) is 23.2 Å². The topological polar surface area (TPSA) is 58.3 Å². The summed E-state index contributed by atoms with van der Waals surface area (Å²) in [5, 5.41) is 12.9. The van der Waals surface area contributed by atoms with Crippen molar-refractivity contribution in [2.45, 2.75) is 19.4 Å². The first-order chi connectivity index (χ1) is 7.04. The first kappa shape index (κ1) is 12.4. The molecule has 84 valence electrons. The number of anilines is 2. The second kappa shape index (κ2) is 5.45. The predicted molar refractivity (Wildman–Crippen MR) is 65.7 cm³/mol. The number of nitrogens with two attached hydrogens (primary N) is 1. The molecule has 3 nitrogen and oxygen atoms in total. The highest BCUT2D eigenvalue weighted by Crippen LogP contribution is 2.33. The van der Waals surface area contributed by atoms with Gasteiger partial charge in [0.25, 0.3) is 0 Å². The van der Waals surface area contributed by atoms with Crippen LogP contribution in [0.4, 0.5) is 11.4 Å². The number of aliphatic hydroxyl groups excluding tert-OH is 1. The summed E-state index contributed by atoms with van der Waals surface area (Å²) in [6.45, 7) is 2.07. The highest BCUT2D eigenvalue weighted by Gasteiger charge is 2.09. The summed E-state index contributed by atoms with van der Waals surface area (Å²) in [5.74, 6) is 0. The first-order valence-electron chi connectivity index (χ1n) is 4.66. The van der Waals surface area contributed by atoms with E-state index in [-0.39, 0.29) is 12.6 Å². The summed E-state index contributed by atoms with van der Waals surface area (Å²) in [6, 6.07) is 3.39. The minimum absolute atomic E-state index is 0.105. The zero-order valence-electron chi connectivity index (χ0n) is 8.43. The number of hydrogen-bond acceptors (Lipinski definition) is 3. The largest absolute Gasteiger partial charge is 0.399 e. The van der Waals surface area contributed by atoms with Gasteiger partial charge in [-0.05, 0) is 25.5 Å². The lowest BCUT2D eigenvalue weighted by Crippen LogP contribution is -2.17. The van der Waals surface area contributed by atoms with Gasteiger partial charge in [-0.25, -0.2) is 0 Å². The van der Waals surface area contributed by atoms with E-state index < -0.39 is 0 Å². The van der Waals surface area contributed by atoms with Crippen LogP contribution in [0.5, 0.6) is 0 Å². The van der Waals surface area contributed by atoms with Crippen LogP contribution in [0.1, 0.15) is 13.3 Å². The van der Waals surface area contributed by atoms with Crippen LogP contribution < -0.4 is 11.1 Å². The minimum Gasteiger partial charge on any atom is -0.399 e. The lowest BCUT2D eigenvalue weighted by atomic mass is 10.2. The smallest absolute Gasteiger partial charge is 0.0722 e. The molecule has 0 aliphatic rings. The SMILES string of the molecule is CC(CCO)Nc1c(Cl)cc(N)cc1Cl. The average molecular weight is 249 g/mol. The molecule has 1 aromatic rings. The average Bonchev–Trinajstić information content (AvgIpc) is 2.11. The van der Waals surface area contributed by atoms with E-state index in [1.807, 2.05) is 6.92 Å². The summed E-state index contributed by atoms with van der Waals surface area (Å²) in [7, 11) is 0. The second-order valence-electron chi connectivity index (χ2n) is 3.42. The molecule has 1 unspecified atom stereocenters. The van der Waals surface area contributed by atoms with Crippen LogP contribution in [-0.4, -0.2) is 17.8 Å². The quantitative estimate of drug-likeness (QED) is 0.719. The summed E-state index contributed by atoms with van der Waals surface area (Å²) >= 11 is 12.0. The Kier molecular flexibility index (Phi) is 4.51. The first-order valence-corrected chi connectivity index (χ1v) is 5.42. The molecule has 0 aliphatic carbocycles. The van der Waals surface area contributed by atoms with Crippen LogP contribution in [0, 0.1) is 0 Å². The predicted octanol–water partition coefficient (Wildman–Crippen LogP) is 2.76. The molecular weight excluding hydrogens is 235 g/mol. The van der Waals surface area contributed by atoms with Crippen molar-refractivity contribution in [3.63, 3.8) is 0 Å². The summed E-state index contributed by atoms with van der Waals surface area (Å²) in [5.41, 5.74) is 6.77. The number of rotatable bonds is 4. The minimum atomic E-state index is 0.105. The fraction of sp³-hybridized carbons (Fsp3) is 0.400. The third-order valence-electron chi connectivity index (χ3n) is 2.02. The van der Waals surface area contributed by atoms with Crippen molar-refractivity contribution < 1.29 is 5.11 Å². The number of benzene rings is 1. The van der Waals surface area contributed by atoms with Crippen LogP contribution >= 0.6 is 23.2 Å². The second-order valence-corrected chi connectivity index (χ2v) is 4.23. The molecule has 0 amide bonds. The standard InChI is InChI=1S/C10H14Cl2N2O/c1-6(2-3-15)14-10-8(11)4-7(13)5-9(10)12/h4-6,14-15H,2-3,13H2,1H3. The molecule has 0 saturated heterocycles. The van der Waals surface area contributed by atoms with E-state index in [9.17, 15) is 0 Å². The maximum absolute atomic E-state index is 8.77. The molecule has 0 aliphatic heterocycles. The Morgan fingerprint density at radius 3 is 2.40 bits per heavy atom. The van der Waals surface area contributed by atoms with Crippen molar-refractivity contribution in [2.24, 2.45) is 0 Å². The molecule has 0 spiro atoms. The highest BCUT2D eigenvalue weighted by molar-refractivity contribution is 6.39. The molecule has 5 heteroatoms. The summed E-state index contributed by atoms with van der Waals surface area (Å²) < 4.78 is 0. The van der Waals surface area contributed by atoms with Crippen LogP contribution in [0.3, 0.4) is 0 Å². The number of hydrogen-bond donors (Lipinski definition) is 3. The Balaban J connectivity index is 2.85. The van der Waals surface area contributed by atoms with E-state index in [1.165, 1.54) is 0 Å². The molecular formula is C10H14Cl2N2O. The van der Waals surface area contributed by atoms with Gasteiger partial charge in [-0.15, -0.1) is 0 Å². The third-order valence-corrected chi connectivity index (χ3v) is 2.61. The third kappa shape index (κ3) is 3.45. The van der Waals surface area contributed by atoms with Crippen molar-refractivity contribution in [3.8, 4) is 0 Å². The van der Waals surface area contributed by atoms with E-state index >= 15 is 0 Å². The van der Waals surface area contributed by atoms with Gasteiger partial charge in [-0.3, -0.25) is 0 Å². The van der Waals surface area contributed by atoms with Crippen molar-refractivity contribution in [1.82, 2.24) is 0 Å². The van der Waals surface area contributed by atoms with Crippen molar-refractivity contribution in [3.05, 3.63) is 22.2 Å². The molecule has 0 bridgehead atoms. The van der Waals surface area contributed by atoms with Crippen molar-refractivity contribution >= 4 is 34.6 Å². The van der Waals surface area contributed by atoms with Gasteiger partial charge in [0.15, 0.2) is 0 Å². The van der Waals surface area contributed by atoms with E-state index in [2.05, 4.69) is 5.32 Å². The Bertz CT molecular complexity index is 321. The maximum atomic E-state index is 8.77. The monoisotopic (exact) mass is 248 g/mol. The molecule has 0 radical (unpaired) electrons. The van der Waals surface area contributed by atoms with E-state index in [0.29, 0.717) is 27.8 Å². The molecule has 1 aromatic carbocycles. The fourth-order valence-corrected chi connectivity index (χ4v) is 1.86. The molecule has 4 N–H and O–H groups in total. The Morgan fingerprint density at radius 1 is 1.40 bits per heavy atom. The van der Waals surface area contributed by atoms with E-state index in [0.717, 1.165) is 0 Å². The normalized spacial score (nSPS) is 12.5. The lowest BCUT2D eigenvalue weighted by Gasteiger charge is -2.16. The molecule has 1 atom stereocenters. The van der Waals surface area contributed by atoms with Gasteiger partial charge >= 0.3 is 0 Å². The van der Waals surface area contributed by atoms with Crippen LogP contribution in [0.25, 0.3) is 0 Å². The zero-order chi connectivity index (χ0) is 11.4. The Hall–Kier alpha value is -0.640. The number of aliphatic hydroxyl groups is 1.